The smallest absolute Gasteiger partial charge is 0.0103 e. The van der Waals surface area contributed by atoms with Crippen LogP contribution in [0.3, 0.4) is 0 Å². The van der Waals surface area contributed by atoms with Crippen molar-refractivity contribution in [3.63, 3.8) is 0 Å². The number of likely N-dealkylation sites (tertiary alicyclic amines) is 1. The predicted octanol–water partition coefficient (Wildman–Crippen LogP) is 3.54. The normalized spacial score (nSPS) is 40.3. The molecule has 1 heteroatoms. The van der Waals surface area contributed by atoms with Crippen LogP contribution >= 0.6 is 0 Å². The van der Waals surface area contributed by atoms with Gasteiger partial charge in [-0.25, -0.2) is 0 Å². The first-order valence-electron chi connectivity index (χ1n) is 6.11. The molecule has 0 aromatic carbocycles. The van der Waals surface area contributed by atoms with Crippen LogP contribution in [0, 0.1) is 10.8 Å². The van der Waals surface area contributed by atoms with Crippen molar-refractivity contribution in [2.75, 3.05) is 13.6 Å². The van der Waals surface area contributed by atoms with Crippen LogP contribution in [0.5, 0.6) is 0 Å². The highest BCUT2D eigenvalue weighted by Crippen LogP contribution is 2.51. The summed E-state index contributed by atoms with van der Waals surface area (Å²) in [5.41, 5.74) is 1.21. The number of fused-ring (bicyclic) bond motifs is 2. The first kappa shape index (κ1) is 12.0. The van der Waals surface area contributed by atoms with Gasteiger partial charge in [-0.05, 0) is 37.1 Å². The van der Waals surface area contributed by atoms with E-state index in [0.29, 0.717) is 10.8 Å². The van der Waals surface area contributed by atoms with Gasteiger partial charge in [0.05, 0.1) is 0 Å². The van der Waals surface area contributed by atoms with E-state index in [1.165, 1.54) is 25.8 Å². The summed E-state index contributed by atoms with van der Waals surface area (Å²) in [5, 5.41) is 0. The molecule has 1 nitrogen and oxygen atoms in total. The molecule has 1 saturated carbocycles. The van der Waals surface area contributed by atoms with Crippen molar-refractivity contribution in [2.24, 2.45) is 10.8 Å². The lowest BCUT2D eigenvalue weighted by atomic mass is 9.65. The van der Waals surface area contributed by atoms with Gasteiger partial charge in [0.2, 0.25) is 0 Å². The van der Waals surface area contributed by atoms with Crippen LogP contribution in [-0.2, 0) is 0 Å². The molecule has 2 fully saturated rings. The molecule has 1 saturated heterocycles. The third kappa shape index (κ3) is 2.31. The Bertz CT molecular complexity index is 193. The highest BCUT2D eigenvalue weighted by Gasteiger charge is 2.48. The first-order chi connectivity index (χ1) is 6.40. The highest BCUT2D eigenvalue weighted by atomic mass is 15.2. The highest BCUT2D eigenvalue weighted by molar-refractivity contribution is 5.01. The molecular formula is C13H27N. The van der Waals surface area contributed by atoms with Crippen LogP contribution in [0.2, 0.25) is 0 Å². The minimum atomic E-state index is 0.586. The van der Waals surface area contributed by atoms with Gasteiger partial charge in [-0.15, -0.1) is 0 Å². The molecule has 0 aromatic heterocycles. The topological polar surface area (TPSA) is 3.24 Å². The van der Waals surface area contributed by atoms with E-state index >= 15 is 0 Å². The fourth-order valence-electron chi connectivity index (χ4n) is 3.74. The van der Waals surface area contributed by atoms with Gasteiger partial charge < -0.3 is 4.90 Å². The molecule has 2 aliphatic rings. The average Bonchev–Trinajstić information content (AvgIpc) is 2.23. The van der Waals surface area contributed by atoms with Crippen LogP contribution < -0.4 is 0 Å². The van der Waals surface area contributed by atoms with E-state index < -0.39 is 0 Å². The molecule has 2 rings (SSSR count). The fraction of sp³-hybridized carbons (Fsp3) is 1.00. The van der Waals surface area contributed by atoms with E-state index in [2.05, 4.69) is 32.7 Å². The second-order valence-corrected chi connectivity index (χ2v) is 6.13. The minimum absolute atomic E-state index is 0.586. The average molecular weight is 197 g/mol. The number of nitrogens with zero attached hydrogens (tertiary/aromatic N) is 1. The van der Waals surface area contributed by atoms with Crippen LogP contribution in [0.15, 0.2) is 0 Å². The molecule has 2 bridgehead atoms. The number of hydrogen-bond acceptors (Lipinski definition) is 1. The van der Waals surface area contributed by atoms with Crippen molar-refractivity contribution in [3.05, 3.63) is 0 Å². The van der Waals surface area contributed by atoms with E-state index in [4.69, 9.17) is 0 Å². The Labute approximate surface area is 89.9 Å². The van der Waals surface area contributed by atoms with E-state index in [-0.39, 0.29) is 0 Å². The van der Waals surface area contributed by atoms with Crippen molar-refractivity contribution >= 4 is 0 Å². The standard InChI is InChI=1S/C11H21N.C2H6/c1-10(2)5-9-6-11(3,7-10)8-12(9)4;1-2/h9H,5-8H2,1-4H3;1-2H3/t9-,11-;/m0./s1. The van der Waals surface area contributed by atoms with E-state index in [9.17, 15) is 0 Å². The lowest BCUT2D eigenvalue weighted by Gasteiger charge is -2.39. The Morgan fingerprint density at radius 2 is 1.64 bits per heavy atom. The Morgan fingerprint density at radius 3 is 2.14 bits per heavy atom. The van der Waals surface area contributed by atoms with Gasteiger partial charge in [-0.2, -0.15) is 0 Å². The molecular weight excluding hydrogens is 170 g/mol. The molecule has 0 N–H and O–H groups in total. The summed E-state index contributed by atoms with van der Waals surface area (Å²) in [6.45, 7) is 12.6. The van der Waals surface area contributed by atoms with E-state index in [0.717, 1.165) is 6.04 Å². The summed E-state index contributed by atoms with van der Waals surface area (Å²) in [4.78, 5) is 2.56. The molecule has 0 radical (unpaired) electrons. The molecule has 2 atom stereocenters. The zero-order valence-electron chi connectivity index (χ0n) is 10.9. The molecule has 0 amide bonds. The van der Waals surface area contributed by atoms with Gasteiger partial charge in [0.25, 0.3) is 0 Å². The predicted molar refractivity (Wildman–Crippen MR) is 63.5 cm³/mol. The zero-order chi connectivity index (χ0) is 11.0. The largest absolute Gasteiger partial charge is 0.303 e. The summed E-state index contributed by atoms with van der Waals surface area (Å²) in [5.74, 6) is 0. The summed E-state index contributed by atoms with van der Waals surface area (Å²) in [6, 6.07) is 0.874. The van der Waals surface area contributed by atoms with Crippen molar-refractivity contribution in [2.45, 2.75) is 59.9 Å². The van der Waals surface area contributed by atoms with Crippen molar-refractivity contribution < 1.29 is 0 Å². The number of hydrogen-bond donors (Lipinski definition) is 0. The monoisotopic (exact) mass is 197 g/mol. The van der Waals surface area contributed by atoms with Crippen molar-refractivity contribution in [1.29, 1.82) is 0 Å². The summed E-state index contributed by atoms with van der Waals surface area (Å²) < 4.78 is 0. The molecule has 1 aliphatic heterocycles. The van der Waals surface area contributed by atoms with E-state index in [1.54, 1.807) is 0 Å². The minimum Gasteiger partial charge on any atom is -0.303 e. The number of rotatable bonds is 0. The molecule has 0 aromatic rings. The van der Waals surface area contributed by atoms with Crippen LogP contribution in [0.4, 0.5) is 0 Å². The second-order valence-electron chi connectivity index (χ2n) is 6.13. The fourth-order valence-corrected chi connectivity index (χ4v) is 3.74. The molecule has 14 heavy (non-hydrogen) atoms. The molecule has 84 valence electrons. The van der Waals surface area contributed by atoms with Gasteiger partial charge in [-0.1, -0.05) is 34.6 Å². The molecule has 1 heterocycles. The summed E-state index contributed by atoms with van der Waals surface area (Å²) in [6.07, 6.45) is 4.26. The molecule has 0 unspecified atom stereocenters. The van der Waals surface area contributed by atoms with Gasteiger partial charge in [0, 0.05) is 12.6 Å². The molecule has 1 aliphatic carbocycles. The van der Waals surface area contributed by atoms with Crippen LogP contribution in [0.1, 0.15) is 53.9 Å². The van der Waals surface area contributed by atoms with Crippen LogP contribution in [0.25, 0.3) is 0 Å². The summed E-state index contributed by atoms with van der Waals surface area (Å²) in [7, 11) is 2.29. The van der Waals surface area contributed by atoms with Crippen molar-refractivity contribution in [1.82, 2.24) is 4.90 Å². The summed E-state index contributed by atoms with van der Waals surface area (Å²) >= 11 is 0. The lowest BCUT2D eigenvalue weighted by molar-refractivity contribution is 0.130. The molecule has 0 spiro atoms. The Hall–Kier alpha value is -0.0400. The zero-order valence-corrected chi connectivity index (χ0v) is 10.9. The quantitative estimate of drug-likeness (QED) is 0.574. The van der Waals surface area contributed by atoms with Gasteiger partial charge in [0.1, 0.15) is 0 Å². The Morgan fingerprint density at radius 1 is 1.07 bits per heavy atom. The van der Waals surface area contributed by atoms with Crippen LogP contribution in [-0.4, -0.2) is 24.5 Å². The maximum absolute atomic E-state index is 2.56. The lowest BCUT2D eigenvalue weighted by Crippen LogP contribution is -2.33. The van der Waals surface area contributed by atoms with Gasteiger partial charge in [0.15, 0.2) is 0 Å². The SMILES string of the molecule is CC.CN1C[C@@]2(C)C[C@@H]1CC(C)(C)C2. The van der Waals surface area contributed by atoms with E-state index in [1.807, 2.05) is 13.8 Å². The maximum Gasteiger partial charge on any atom is 0.0103 e. The second kappa shape index (κ2) is 3.84. The Kier molecular flexibility index (Phi) is 3.30. The third-order valence-electron chi connectivity index (χ3n) is 3.68. The third-order valence-corrected chi connectivity index (χ3v) is 3.68. The van der Waals surface area contributed by atoms with Gasteiger partial charge >= 0.3 is 0 Å². The Balaban J connectivity index is 0.000000461. The first-order valence-corrected chi connectivity index (χ1v) is 6.11. The maximum atomic E-state index is 2.56. The van der Waals surface area contributed by atoms with Gasteiger partial charge in [-0.3, -0.25) is 0 Å². The van der Waals surface area contributed by atoms with Crippen molar-refractivity contribution in [3.8, 4) is 0 Å².